The van der Waals surface area contributed by atoms with E-state index in [9.17, 15) is 4.79 Å². The molecule has 1 fully saturated rings. The Morgan fingerprint density at radius 1 is 1.22 bits per heavy atom. The van der Waals surface area contributed by atoms with Crippen molar-refractivity contribution in [1.82, 2.24) is 10.6 Å². The Labute approximate surface area is 136 Å². The Morgan fingerprint density at radius 3 is 2.74 bits per heavy atom. The Hall–Kier alpha value is -2.17. The minimum absolute atomic E-state index is 0.0556. The highest BCUT2D eigenvalue weighted by molar-refractivity contribution is 5.81. The van der Waals surface area contributed by atoms with Crippen LogP contribution in [-0.4, -0.2) is 31.7 Å². The van der Waals surface area contributed by atoms with E-state index in [1.807, 2.05) is 0 Å². The van der Waals surface area contributed by atoms with Crippen LogP contribution in [0.1, 0.15) is 11.1 Å². The van der Waals surface area contributed by atoms with Crippen LogP contribution in [0.25, 0.3) is 11.1 Å². The Balaban J connectivity index is 1.58. The van der Waals surface area contributed by atoms with Gasteiger partial charge in [0, 0.05) is 19.6 Å². The number of hydrogen-bond donors (Lipinski definition) is 2. The third-order valence-corrected chi connectivity index (χ3v) is 3.99. The van der Waals surface area contributed by atoms with Crippen LogP contribution in [-0.2, 0) is 16.1 Å². The number of carbonyl (C=O) groups excluding carboxylic acids is 1. The summed E-state index contributed by atoms with van der Waals surface area (Å²) in [5.41, 5.74) is 4.73. The number of aryl methyl sites for hydroxylation is 1. The fourth-order valence-corrected chi connectivity index (χ4v) is 2.68. The summed E-state index contributed by atoms with van der Waals surface area (Å²) in [7, 11) is 0. The normalized spacial score (nSPS) is 17.7. The second kappa shape index (κ2) is 7.40. The largest absolute Gasteiger partial charge is 0.366 e. The van der Waals surface area contributed by atoms with Gasteiger partial charge in [-0.15, -0.1) is 0 Å². The van der Waals surface area contributed by atoms with E-state index in [1.54, 1.807) is 0 Å². The standard InChI is InChI=1S/C19H22N2O2/c1-14-3-2-4-17(11-14)16-7-5-15(6-8-16)12-21-19(22)18-13-20-9-10-23-18/h2-8,11,18,20H,9-10,12-13H2,1H3,(H,21,22). The van der Waals surface area contributed by atoms with E-state index in [0.29, 0.717) is 19.7 Å². The molecule has 2 aromatic rings. The molecule has 4 nitrogen and oxygen atoms in total. The number of carbonyl (C=O) groups is 1. The fourth-order valence-electron chi connectivity index (χ4n) is 2.68. The number of benzene rings is 2. The molecule has 23 heavy (non-hydrogen) atoms. The fraction of sp³-hybridized carbons (Fsp3) is 0.316. The molecule has 0 radical (unpaired) electrons. The number of rotatable bonds is 4. The molecule has 1 aliphatic heterocycles. The van der Waals surface area contributed by atoms with Crippen LogP contribution in [0.3, 0.4) is 0 Å². The lowest BCUT2D eigenvalue weighted by atomic mass is 10.0. The van der Waals surface area contributed by atoms with E-state index >= 15 is 0 Å². The molecule has 4 heteroatoms. The van der Waals surface area contributed by atoms with E-state index < -0.39 is 0 Å². The number of hydrogen-bond acceptors (Lipinski definition) is 3. The van der Waals surface area contributed by atoms with Gasteiger partial charge in [-0.3, -0.25) is 4.79 Å². The van der Waals surface area contributed by atoms with Crippen molar-refractivity contribution in [3.63, 3.8) is 0 Å². The topological polar surface area (TPSA) is 50.4 Å². The van der Waals surface area contributed by atoms with E-state index in [-0.39, 0.29) is 12.0 Å². The average Bonchev–Trinajstić information content (AvgIpc) is 2.61. The quantitative estimate of drug-likeness (QED) is 0.911. The second-order valence-electron chi connectivity index (χ2n) is 5.85. The molecule has 1 unspecified atom stereocenters. The van der Waals surface area contributed by atoms with Crippen molar-refractivity contribution in [1.29, 1.82) is 0 Å². The Kier molecular flexibility index (Phi) is 5.05. The summed E-state index contributed by atoms with van der Waals surface area (Å²) >= 11 is 0. The zero-order valence-electron chi connectivity index (χ0n) is 13.3. The molecular formula is C19H22N2O2. The predicted octanol–water partition coefficient (Wildman–Crippen LogP) is 2.27. The minimum atomic E-state index is -0.379. The molecule has 2 N–H and O–H groups in total. The van der Waals surface area contributed by atoms with E-state index in [1.165, 1.54) is 16.7 Å². The molecule has 1 aliphatic rings. The summed E-state index contributed by atoms with van der Waals surface area (Å²) in [6.07, 6.45) is -0.379. The summed E-state index contributed by atoms with van der Waals surface area (Å²) in [5, 5.41) is 6.09. The van der Waals surface area contributed by atoms with Gasteiger partial charge in [0.2, 0.25) is 0 Å². The zero-order chi connectivity index (χ0) is 16.1. The maximum Gasteiger partial charge on any atom is 0.250 e. The Morgan fingerprint density at radius 2 is 2.04 bits per heavy atom. The van der Waals surface area contributed by atoms with Gasteiger partial charge in [0.1, 0.15) is 6.10 Å². The van der Waals surface area contributed by atoms with Crippen molar-refractivity contribution in [3.05, 3.63) is 59.7 Å². The molecule has 2 aromatic carbocycles. The molecule has 0 bridgehead atoms. The lowest BCUT2D eigenvalue weighted by molar-refractivity contribution is -0.134. The molecule has 0 aromatic heterocycles. The van der Waals surface area contributed by atoms with Crippen molar-refractivity contribution < 1.29 is 9.53 Å². The third-order valence-electron chi connectivity index (χ3n) is 3.99. The van der Waals surface area contributed by atoms with Crippen LogP contribution in [0.15, 0.2) is 48.5 Å². The highest BCUT2D eigenvalue weighted by Gasteiger charge is 2.21. The molecule has 0 saturated carbocycles. The minimum Gasteiger partial charge on any atom is -0.366 e. The van der Waals surface area contributed by atoms with Gasteiger partial charge in [0.05, 0.1) is 6.61 Å². The first-order chi connectivity index (χ1) is 11.2. The van der Waals surface area contributed by atoms with Gasteiger partial charge in [-0.25, -0.2) is 0 Å². The van der Waals surface area contributed by atoms with Crippen molar-refractivity contribution in [2.45, 2.75) is 19.6 Å². The molecule has 1 atom stereocenters. The maximum atomic E-state index is 12.0. The van der Waals surface area contributed by atoms with Crippen LogP contribution in [0, 0.1) is 6.92 Å². The van der Waals surface area contributed by atoms with Gasteiger partial charge in [-0.05, 0) is 23.6 Å². The predicted molar refractivity (Wildman–Crippen MR) is 91.1 cm³/mol. The van der Waals surface area contributed by atoms with Gasteiger partial charge < -0.3 is 15.4 Å². The maximum absolute atomic E-state index is 12.0. The smallest absolute Gasteiger partial charge is 0.250 e. The third kappa shape index (κ3) is 4.18. The van der Waals surface area contributed by atoms with E-state index in [0.717, 1.165) is 12.1 Å². The van der Waals surface area contributed by atoms with Crippen molar-refractivity contribution in [2.75, 3.05) is 19.7 Å². The number of nitrogens with one attached hydrogen (secondary N) is 2. The number of morpholine rings is 1. The first-order valence-electron chi connectivity index (χ1n) is 7.98. The zero-order valence-corrected chi connectivity index (χ0v) is 13.3. The molecular weight excluding hydrogens is 288 g/mol. The lowest BCUT2D eigenvalue weighted by Gasteiger charge is -2.22. The molecule has 3 rings (SSSR count). The highest BCUT2D eigenvalue weighted by atomic mass is 16.5. The van der Waals surface area contributed by atoms with Gasteiger partial charge in [0.15, 0.2) is 0 Å². The first-order valence-corrected chi connectivity index (χ1v) is 7.98. The first kappa shape index (κ1) is 15.7. The summed E-state index contributed by atoms with van der Waals surface area (Å²) in [5.74, 6) is -0.0556. The van der Waals surface area contributed by atoms with Gasteiger partial charge in [-0.2, -0.15) is 0 Å². The van der Waals surface area contributed by atoms with Crippen LogP contribution in [0.5, 0.6) is 0 Å². The van der Waals surface area contributed by atoms with Gasteiger partial charge in [0.25, 0.3) is 5.91 Å². The van der Waals surface area contributed by atoms with Gasteiger partial charge in [-0.1, -0.05) is 54.1 Å². The van der Waals surface area contributed by atoms with Crippen LogP contribution >= 0.6 is 0 Å². The van der Waals surface area contributed by atoms with Crippen LogP contribution < -0.4 is 10.6 Å². The summed E-state index contributed by atoms with van der Waals surface area (Å²) in [6, 6.07) is 16.7. The van der Waals surface area contributed by atoms with Crippen molar-refractivity contribution in [2.24, 2.45) is 0 Å². The number of ether oxygens (including phenoxy) is 1. The van der Waals surface area contributed by atoms with Crippen molar-refractivity contribution in [3.8, 4) is 11.1 Å². The molecule has 0 spiro atoms. The van der Waals surface area contributed by atoms with Crippen molar-refractivity contribution >= 4 is 5.91 Å². The molecule has 0 aliphatic carbocycles. The monoisotopic (exact) mass is 310 g/mol. The Bertz CT molecular complexity index is 661. The molecule has 1 saturated heterocycles. The van der Waals surface area contributed by atoms with Crippen LogP contribution in [0.2, 0.25) is 0 Å². The summed E-state index contributed by atoms with van der Waals surface area (Å²) < 4.78 is 5.44. The molecule has 120 valence electrons. The molecule has 1 heterocycles. The van der Waals surface area contributed by atoms with Gasteiger partial charge >= 0.3 is 0 Å². The molecule has 1 amide bonds. The average molecular weight is 310 g/mol. The number of amides is 1. The van der Waals surface area contributed by atoms with E-state index in [4.69, 9.17) is 4.74 Å². The highest BCUT2D eigenvalue weighted by Crippen LogP contribution is 2.20. The van der Waals surface area contributed by atoms with Crippen LogP contribution in [0.4, 0.5) is 0 Å². The SMILES string of the molecule is Cc1cccc(-c2ccc(CNC(=O)C3CNCCO3)cc2)c1. The summed E-state index contributed by atoms with van der Waals surface area (Å²) in [4.78, 5) is 12.0. The van der Waals surface area contributed by atoms with E-state index in [2.05, 4.69) is 66.1 Å². The lowest BCUT2D eigenvalue weighted by Crippen LogP contribution is -2.47. The second-order valence-corrected chi connectivity index (χ2v) is 5.85. The summed E-state index contributed by atoms with van der Waals surface area (Å²) in [6.45, 7) is 4.59.